The maximum atomic E-state index is 13.0. The lowest BCUT2D eigenvalue weighted by Gasteiger charge is -2.35. The number of carbonyl (C=O) groups excluding carboxylic acids is 2. The zero-order valence-corrected chi connectivity index (χ0v) is 28.6. The van der Waals surface area contributed by atoms with Gasteiger partial charge in [0.2, 0.25) is 10.0 Å². The van der Waals surface area contributed by atoms with Crippen LogP contribution in [0.25, 0.3) is 0 Å². The number of nitrogens with one attached hydrogen (secondary N) is 2. The van der Waals surface area contributed by atoms with Gasteiger partial charge in [-0.25, -0.2) is 13.2 Å². The molecule has 254 valence electrons. The summed E-state index contributed by atoms with van der Waals surface area (Å²) >= 11 is 6.63. The summed E-state index contributed by atoms with van der Waals surface area (Å²) in [6.45, 7) is 4.94. The van der Waals surface area contributed by atoms with E-state index in [4.69, 9.17) is 31.2 Å². The molecule has 0 radical (unpaired) electrons. The number of amides is 2. The smallest absolute Gasteiger partial charge is 0.421 e. The van der Waals surface area contributed by atoms with Gasteiger partial charge in [-0.1, -0.05) is 88.4 Å². The summed E-state index contributed by atoms with van der Waals surface area (Å²) in [6, 6.07) is 10.6. The second kappa shape index (κ2) is 16.6. The molecule has 2 amide bonds. The summed E-state index contributed by atoms with van der Waals surface area (Å²) in [5.74, 6) is -0.430. The van der Waals surface area contributed by atoms with Crippen molar-refractivity contribution in [2.75, 3.05) is 17.6 Å². The third kappa shape index (κ3) is 9.43. The average Bonchev–Trinajstić information content (AvgIpc) is 3.23. The molecule has 0 aromatic heterocycles. The molecule has 2 aromatic rings. The fourth-order valence-electron chi connectivity index (χ4n) is 5.30. The number of cyclic esters (lactones) is 1. The second-order valence-electron chi connectivity index (χ2n) is 11.9. The quantitative estimate of drug-likeness (QED) is 0.0771. The van der Waals surface area contributed by atoms with E-state index < -0.39 is 39.6 Å². The lowest BCUT2D eigenvalue weighted by atomic mass is 9.86. The molecule has 3 N–H and O–H groups in total. The number of anilines is 1. The Labute approximate surface area is 277 Å². The number of rotatable bonds is 20. The highest BCUT2D eigenvalue weighted by molar-refractivity contribution is 7.92. The van der Waals surface area contributed by atoms with Crippen molar-refractivity contribution in [2.45, 2.75) is 103 Å². The van der Waals surface area contributed by atoms with Crippen molar-refractivity contribution in [1.29, 1.82) is 5.41 Å². The first kappa shape index (κ1) is 37.3. The Morgan fingerprint density at radius 1 is 1.02 bits per heavy atom. The Hall–Kier alpha value is -3.19. The summed E-state index contributed by atoms with van der Waals surface area (Å²) in [7, 11) is -2.25. The van der Waals surface area contributed by atoms with Gasteiger partial charge in [-0.15, -0.1) is 0 Å². The van der Waals surface area contributed by atoms with Crippen LogP contribution in [0.2, 0.25) is 5.02 Å². The Kier molecular flexibility index (Phi) is 13.4. The van der Waals surface area contributed by atoms with E-state index in [2.05, 4.69) is 11.6 Å². The average molecular weight is 680 g/mol. The minimum atomic E-state index is -3.73. The molecule has 0 bridgehead atoms. The highest BCUT2D eigenvalue weighted by Crippen LogP contribution is 2.40. The maximum absolute atomic E-state index is 13.0. The zero-order chi connectivity index (χ0) is 34.0. The van der Waals surface area contributed by atoms with Crippen LogP contribution in [0.3, 0.4) is 0 Å². The van der Waals surface area contributed by atoms with Gasteiger partial charge in [0.15, 0.2) is 11.2 Å². The molecule has 0 aliphatic carbocycles. The molecule has 13 heteroatoms. The minimum Gasteiger partial charge on any atom is -0.497 e. The fourth-order valence-corrected chi connectivity index (χ4v) is 6.73. The van der Waals surface area contributed by atoms with Crippen molar-refractivity contribution >= 4 is 45.5 Å². The number of ether oxygens (including phenoxy) is 3. The van der Waals surface area contributed by atoms with Crippen molar-refractivity contribution in [3.8, 4) is 5.75 Å². The standard InChI is InChI=1S/C33H46ClN3O8S/c1-5-6-7-8-9-10-11-12-13-14-21-46(41,42)36-25-17-20-28(34)27(22-25)33(23-35,24-15-18-26(43-4)19-16-24)45-31(40)37-29(38)32(2,3)44-30(37)39/h15-20,22-23,31,35-36,40H,5-14,21H2,1-4H3. The third-order valence-corrected chi connectivity index (χ3v) is 9.62. The van der Waals surface area contributed by atoms with E-state index in [1.54, 1.807) is 24.3 Å². The van der Waals surface area contributed by atoms with Gasteiger partial charge in [-0.2, -0.15) is 4.90 Å². The molecule has 2 aromatic carbocycles. The van der Waals surface area contributed by atoms with Crippen molar-refractivity contribution in [3.63, 3.8) is 0 Å². The molecule has 2 atom stereocenters. The van der Waals surface area contributed by atoms with E-state index in [1.165, 1.54) is 71.3 Å². The van der Waals surface area contributed by atoms with Crippen LogP contribution in [0.15, 0.2) is 42.5 Å². The number of hydrogen-bond acceptors (Lipinski definition) is 9. The lowest BCUT2D eigenvalue weighted by Crippen LogP contribution is -2.49. The fraction of sp³-hybridized carbons (Fsp3) is 0.545. The van der Waals surface area contributed by atoms with Gasteiger partial charge >= 0.3 is 6.09 Å². The molecule has 2 unspecified atom stereocenters. The van der Waals surface area contributed by atoms with Crippen molar-refractivity contribution < 1.29 is 37.3 Å². The van der Waals surface area contributed by atoms with Crippen LogP contribution >= 0.6 is 11.6 Å². The Balaban J connectivity index is 1.82. The van der Waals surface area contributed by atoms with Gasteiger partial charge in [0.05, 0.1) is 12.9 Å². The first-order chi connectivity index (χ1) is 21.8. The Morgan fingerprint density at radius 2 is 1.61 bits per heavy atom. The third-order valence-electron chi connectivity index (χ3n) is 7.91. The van der Waals surface area contributed by atoms with Crippen LogP contribution in [0.1, 0.15) is 96.1 Å². The molecule has 1 saturated heterocycles. The summed E-state index contributed by atoms with van der Waals surface area (Å²) < 4.78 is 44.9. The first-order valence-electron chi connectivity index (χ1n) is 15.7. The normalized spacial score (nSPS) is 16.5. The van der Waals surface area contributed by atoms with Gasteiger partial charge in [-0.05, 0) is 56.2 Å². The summed E-state index contributed by atoms with van der Waals surface area (Å²) in [4.78, 5) is 25.8. The van der Waals surface area contributed by atoms with E-state index >= 15 is 0 Å². The maximum Gasteiger partial charge on any atom is 0.421 e. The SMILES string of the molecule is CCCCCCCCCCCCS(=O)(=O)Nc1ccc(Cl)c(C(C=N)(OC(O)N2C(=O)OC(C)(C)C2=O)c2ccc(OC)cc2)c1. The largest absolute Gasteiger partial charge is 0.497 e. The predicted molar refractivity (Wildman–Crippen MR) is 178 cm³/mol. The van der Waals surface area contributed by atoms with Crippen LogP contribution in [0.5, 0.6) is 5.75 Å². The Bertz CT molecular complexity index is 1450. The van der Waals surface area contributed by atoms with Gasteiger partial charge in [0, 0.05) is 22.5 Å². The number of nitrogens with zero attached hydrogens (tertiary/aromatic N) is 1. The molecule has 1 heterocycles. The number of imide groups is 1. The summed E-state index contributed by atoms with van der Waals surface area (Å²) in [5, 5.41) is 19.6. The highest BCUT2D eigenvalue weighted by atomic mass is 35.5. The highest BCUT2D eigenvalue weighted by Gasteiger charge is 2.52. The molecule has 0 saturated carbocycles. The number of aliphatic hydroxyl groups excluding tert-OH is 1. The van der Waals surface area contributed by atoms with Crippen LogP contribution in [0, 0.1) is 5.41 Å². The van der Waals surface area contributed by atoms with Crippen LogP contribution < -0.4 is 9.46 Å². The number of hydrogen-bond donors (Lipinski definition) is 3. The zero-order valence-electron chi connectivity index (χ0n) is 27.0. The number of aliphatic hydroxyl groups is 1. The first-order valence-corrected chi connectivity index (χ1v) is 17.7. The van der Waals surface area contributed by atoms with Gasteiger partial charge in [0.25, 0.3) is 12.3 Å². The number of carbonyl (C=O) groups is 2. The molecule has 3 rings (SSSR count). The van der Waals surface area contributed by atoms with Crippen LogP contribution in [-0.4, -0.2) is 61.5 Å². The molecule has 0 spiro atoms. The van der Waals surface area contributed by atoms with E-state index in [0.29, 0.717) is 17.1 Å². The number of sulfonamides is 1. The monoisotopic (exact) mass is 679 g/mol. The van der Waals surface area contributed by atoms with Crippen LogP contribution in [0.4, 0.5) is 10.5 Å². The van der Waals surface area contributed by atoms with E-state index in [1.807, 2.05) is 0 Å². The van der Waals surface area contributed by atoms with Gasteiger partial charge in [-0.3, -0.25) is 9.52 Å². The molecule has 11 nitrogen and oxygen atoms in total. The summed E-state index contributed by atoms with van der Waals surface area (Å²) in [5.41, 5.74) is -3.03. The number of methoxy groups -OCH3 is 1. The number of benzene rings is 2. The molecular weight excluding hydrogens is 634 g/mol. The Morgan fingerprint density at radius 3 is 2.13 bits per heavy atom. The molecule has 1 aliphatic rings. The van der Waals surface area contributed by atoms with E-state index in [0.717, 1.165) is 31.9 Å². The van der Waals surface area contributed by atoms with Gasteiger partial charge < -0.3 is 24.7 Å². The van der Waals surface area contributed by atoms with Crippen molar-refractivity contribution in [1.82, 2.24) is 4.90 Å². The second-order valence-corrected chi connectivity index (χ2v) is 14.2. The van der Waals surface area contributed by atoms with E-state index in [-0.39, 0.29) is 27.6 Å². The lowest BCUT2D eigenvalue weighted by molar-refractivity contribution is -0.209. The topological polar surface area (TPSA) is 155 Å². The van der Waals surface area contributed by atoms with Crippen molar-refractivity contribution in [2.24, 2.45) is 0 Å². The molecule has 1 aliphatic heterocycles. The van der Waals surface area contributed by atoms with E-state index in [9.17, 15) is 23.1 Å². The minimum absolute atomic E-state index is 0.0693. The molecular formula is C33H46ClN3O8S. The number of halogens is 1. The number of unbranched alkanes of at least 4 members (excludes halogenated alkanes) is 9. The predicted octanol–water partition coefficient (Wildman–Crippen LogP) is 6.95. The van der Waals surface area contributed by atoms with Crippen LogP contribution in [-0.2, 0) is 29.9 Å². The van der Waals surface area contributed by atoms with Crippen molar-refractivity contribution in [3.05, 3.63) is 58.6 Å². The molecule has 1 fully saturated rings. The van der Waals surface area contributed by atoms with Gasteiger partial charge in [0.1, 0.15) is 5.75 Å². The summed E-state index contributed by atoms with van der Waals surface area (Å²) in [6.07, 6.45) is 8.27. The molecule has 46 heavy (non-hydrogen) atoms.